The van der Waals surface area contributed by atoms with E-state index in [1.54, 1.807) is 0 Å². The minimum atomic E-state index is -0.251. The van der Waals surface area contributed by atoms with E-state index in [1.807, 2.05) is 6.92 Å². The van der Waals surface area contributed by atoms with Crippen LogP contribution in [0.1, 0.15) is 76.8 Å². The topological polar surface area (TPSA) is 29.5 Å². The molecule has 0 spiro atoms. The van der Waals surface area contributed by atoms with Crippen LogP contribution in [0.4, 0.5) is 0 Å². The van der Waals surface area contributed by atoms with Gasteiger partial charge in [0, 0.05) is 6.61 Å². The number of aliphatic hydroxyl groups excluding tert-OH is 1. The second kappa shape index (κ2) is 6.50. The number of hydrogen-bond acceptors (Lipinski definition) is 2. The third kappa shape index (κ3) is 4.31. The van der Waals surface area contributed by atoms with Crippen LogP contribution in [0.2, 0.25) is 0 Å². The van der Waals surface area contributed by atoms with Crippen LogP contribution in [0.5, 0.6) is 0 Å². The molecule has 1 aromatic rings. The first-order valence-corrected chi connectivity index (χ1v) is 7.90. The molecule has 0 radical (unpaired) electrons. The van der Waals surface area contributed by atoms with Gasteiger partial charge in [-0.1, -0.05) is 59.2 Å². The lowest BCUT2D eigenvalue weighted by molar-refractivity contribution is 0.0169. The molecular weight excluding hydrogens is 260 g/mol. The fraction of sp³-hybridized carbons (Fsp3) is 0.684. The summed E-state index contributed by atoms with van der Waals surface area (Å²) in [5.74, 6) is 0. The smallest absolute Gasteiger partial charge is 0.106 e. The van der Waals surface area contributed by atoms with Gasteiger partial charge >= 0.3 is 0 Å². The van der Waals surface area contributed by atoms with Gasteiger partial charge in [-0.25, -0.2) is 0 Å². The molecular formula is C19H32O2. The summed E-state index contributed by atoms with van der Waals surface area (Å²) in [5, 5.41) is 9.84. The lowest BCUT2D eigenvalue weighted by atomic mass is 9.74. The van der Waals surface area contributed by atoms with Crippen molar-refractivity contribution in [1.29, 1.82) is 0 Å². The van der Waals surface area contributed by atoms with Crippen LogP contribution >= 0.6 is 0 Å². The van der Waals surface area contributed by atoms with E-state index in [-0.39, 0.29) is 23.5 Å². The summed E-state index contributed by atoms with van der Waals surface area (Å²) >= 11 is 0. The molecule has 1 rings (SSSR count). The molecule has 1 unspecified atom stereocenters. The molecule has 0 saturated carbocycles. The largest absolute Gasteiger partial charge is 0.393 e. The van der Waals surface area contributed by atoms with Crippen molar-refractivity contribution >= 4 is 0 Å². The van der Waals surface area contributed by atoms with E-state index in [0.717, 1.165) is 0 Å². The monoisotopic (exact) mass is 292 g/mol. The average molecular weight is 292 g/mol. The second-order valence-corrected chi connectivity index (χ2v) is 7.90. The van der Waals surface area contributed by atoms with E-state index in [9.17, 15) is 5.11 Å². The summed E-state index contributed by atoms with van der Waals surface area (Å²) in [6.45, 7) is 18.1. The van der Waals surface area contributed by atoms with Crippen LogP contribution in [0.25, 0.3) is 0 Å². The highest BCUT2D eigenvalue weighted by Crippen LogP contribution is 2.39. The third-order valence-corrected chi connectivity index (χ3v) is 3.80. The Bertz CT molecular complexity index is 440. The van der Waals surface area contributed by atoms with Crippen molar-refractivity contribution in [1.82, 2.24) is 0 Å². The van der Waals surface area contributed by atoms with Gasteiger partial charge in [0.2, 0.25) is 0 Å². The van der Waals surface area contributed by atoms with E-state index < -0.39 is 0 Å². The molecule has 0 amide bonds. The molecule has 120 valence electrons. The van der Waals surface area contributed by atoms with Crippen LogP contribution < -0.4 is 0 Å². The van der Waals surface area contributed by atoms with Crippen molar-refractivity contribution in [3.8, 4) is 0 Å². The fourth-order valence-electron chi connectivity index (χ4n) is 2.81. The highest BCUT2D eigenvalue weighted by atomic mass is 16.5. The maximum absolute atomic E-state index is 9.84. The van der Waals surface area contributed by atoms with Gasteiger partial charge in [0.1, 0.15) is 6.10 Å². The Morgan fingerprint density at radius 3 is 1.71 bits per heavy atom. The van der Waals surface area contributed by atoms with Crippen molar-refractivity contribution < 1.29 is 9.84 Å². The van der Waals surface area contributed by atoms with E-state index in [0.29, 0.717) is 6.61 Å². The standard InChI is InChI=1S/C19H32O2/c1-9-21-16(12-20)17-14(18(3,4)5)10-13(2)11-15(17)19(6,7)8/h10-11,16,20H,9,12H2,1-8H3. The first kappa shape index (κ1) is 18.2. The predicted octanol–water partition coefficient (Wildman–Crippen LogP) is 4.66. The molecule has 0 heterocycles. The quantitative estimate of drug-likeness (QED) is 0.874. The Morgan fingerprint density at radius 1 is 1.00 bits per heavy atom. The van der Waals surface area contributed by atoms with Crippen molar-refractivity contribution in [3.63, 3.8) is 0 Å². The normalized spacial score (nSPS) is 14.3. The van der Waals surface area contributed by atoms with E-state index in [2.05, 4.69) is 60.6 Å². The molecule has 1 N–H and O–H groups in total. The first-order valence-electron chi connectivity index (χ1n) is 7.90. The summed E-state index contributed by atoms with van der Waals surface area (Å²) < 4.78 is 5.84. The van der Waals surface area contributed by atoms with Gasteiger partial charge < -0.3 is 9.84 Å². The average Bonchev–Trinajstić information content (AvgIpc) is 2.33. The molecule has 0 bridgehead atoms. The maximum Gasteiger partial charge on any atom is 0.106 e. The third-order valence-electron chi connectivity index (χ3n) is 3.80. The molecule has 0 saturated heterocycles. The molecule has 0 aliphatic heterocycles. The molecule has 1 atom stereocenters. The SMILES string of the molecule is CCOC(CO)c1c(C(C)(C)C)cc(C)cc1C(C)(C)C. The van der Waals surface area contributed by atoms with Crippen LogP contribution in [0, 0.1) is 6.92 Å². The number of rotatable bonds is 4. The molecule has 2 nitrogen and oxygen atoms in total. The molecule has 0 fully saturated rings. The van der Waals surface area contributed by atoms with Crippen molar-refractivity contribution in [2.75, 3.05) is 13.2 Å². The maximum atomic E-state index is 9.84. The van der Waals surface area contributed by atoms with E-state index >= 15 is 0 Å². The molecule has 2 heteroatoms. The van der Waals surface area contributed by atoms with E-state index in [4.69, 9.17) is 4.74 Å². The van der Waals surface area contributed by atoms with Gasteiger partial charge in [-0.3, -0.25) is 0 Å². The number of benzene rings is 1. The summed E-state index contributed by atoms with van der Waals surface area (Å²) in [6, 6.07) is 4.48. The Hall–Kier alpha value is -0.860. The zero-order chi connectivity index (χ0) is 16.4. The van der Waals surface area contributed by atoms with Gasteiger partial charge in [-0.15, -0.1) is 0 Å². The summed E-state index contributed by atoms with van der Waals surface area (Å²) in [7, 11) is 0. The van der Waals surface area contributed by atoms with Crippen molar-refractivity contribution in [2.45, 2.75) is 72.3 Å². The molecule has 0 aliphatic rings. The van der Waals surface area contributed by atoms with Gasteiger partial charge in [-0.2, -0.15) is 0 Å². The lowest BCUT2D eigenvalue weighted by Crippen LogP contribution is -2.25. The number of ether oxygens (including phenoxy) is 1. The van der Waals surface area contributed by atoms with Gasteiger partial charge in [0.05, 0.1) is 6.61 Å². The zero-order valence-electron chi connectivity index (χ0n) is 15.0. The molecule has 0 aliphatic carbocycles. The number of aliphatic hydroxyl groups is 1. The Morgan fingerprint density at radius 2 is 1.43 bits per heavy atom. The fourth-order valence-corrected chi connectivity index (χ4v) is 2.81. The summed E-state index contributed by atoms with van der Waals surface area (Å²) in [6.07, 6.45) is -0.251. The van der Waals surface area contributed by atoms with Crippen LogP contribution in [0.15, 0.2) is 12.1 Å². The van der Waals surface area contributed by atoms with Gasteiger partial charge in [0.25, 0.3) is 0 Å². The molecule has 0 aromatic heterocycles. The highest BCUT2D eigenvalue weighted by molar-refractivity contribution is 5.47. The van der Waals surface area contributed by atoms with Crippen LogP contribution in [-0.2, 0) is 15.6 Å². The Labute approximate surface area is 130 Å². The highest BCUT2D eigenvalue weighted by Gasteiger charge is 2.30. The Kier molecular flexibility index (Phi) is 5.63. The van der Waals surface area contributed by atoms with Crippen molar-refractivity contribution in [2.24, 2.45) is 0 Å². The minimum Gasteiger partial charge on any atom is -0.393 e. The summed E-state index contributed by atoms with van der Waals surface area (Å²) in [4.78, 5) is 0. The number of aryl methyl sites for hydroxylation is 1. The van der Waals surface area contributed by atoms with E-state index in [1.165, 1.54) is 22.3 Å². The zero-order valence-corrected chi connectivity index (χ0v) is 15.0. The van der Waals surface area contributed by atoms with Crippen LogP contribution in [0.3, 0.4) is 0 Å². The Balaban J connectivity index is 3.68. The van der Waals surface area contributed by atoms with Gasteiger partial charge in [0.15, 0.2) is 0 Å². The predicted molar refractivity (Wildman–Crippen MR) is 90.0 cm³/mol. The minimum absolute atomic E-state index is 0.0169. The number of hydrogen-bond donors (Lipinski definition) is 1. The summed E-state index contributed by atoms with van der Waals surface area (Å²) in [5.41, 5.74) is 5.03. The first-order chi connectivity index (χ1) is 9.52. The molecule has 21 heavy (non-hydrogen) atoms. The molecule has 1 aromatic carbocycles. The van der Waals surface area contributed by atoms with Crippen LogP contribution in [-0.4, -0.2) is 18.3 Å². The van der Waals surface area contributed by atoms with Crippen molar-refractivity contribution in [3.05, 3.63) is 34.4 Å². The second-order valence-electron chi connectivity index (χ2n) is 7.90. The van der Waals surface area contributed by atoms with Gasteiger partial charge in [-0.05, 0) is 41.4 Å². The lowest BCUT2D eigenvalue weighted by Gasteiger charge is -2.34.